The molecule has 0 saturated heterocycles. The Bertz CT molecular complexity index is 765. The number of nitrogens with two attached hydrogens (primary N) is 1. The smallest absolute Gasteiger partial charge is 0.148 e. The normalized spacial score (nSPS) is 11.0. The first kappa shape index (κ1) is 13.8. The molecule has 0 aliphatic carbocycles. The molecule has 3 rings (SSSR count). The third-order valence-electron chi connectivity index (χ3n) is 3.39. The zero-order valence-corrected chi connectivity index (χ0v) is 12.5. The minimum atomic E-state index is 0.392. The highest BCUT2D eigenvalue weighted by Gasteiger charge is 2.11. The molecule has 0 amide bonds. The van der Waals surface area contributed by atoms with Gasteiger partial charge in [0.2, 0.25) is 0 Å². The molecule has 3 aromatic rings. The van der Waals surface area contributed by atoms with Crippen LogP contribution in [0.3, 0.4) is 0 Å². The van der Waals surface area contributed by atoms with Gasteiger partial charge in [-0.25, -0.2) is 4.98 Å². The fourth-order valence-corrected chi connectivity index (χ4v) is 2.48. The Morgan fingerprint density at radius 3 is 2.67 bits per heavy atom. The molecule has 0 bridgehead atoms. The standard InChI is InChI=1S/C16H16ClN3O/c1-2-20-14-5-3-4-13(18)16(14)19-15(20)10-21-12-8-6-11(17)7-9-12/h3-9H,2,10,18H2,1H3. The average molecular weight is 302 g/mol. The molecule has 0 spiro atoms. The van der Waals surface area contributed by atoms with Gasteiger partial charge in [0.1, 0.15) is 23.7 Å². The lowest BCUT2D eigenvalue weighted by atomic mass is 10.3. The number of fused-ring (bicyclic) bond motifs is 1. The van der Waals surface area contributed by atoms with E-state index in [1.807, 2.05) is 30.3 Å². The van der Waals surface area contributed by atoms with Crippen LogP contribution in [0.4, 0.5) is 5.69 Å². The summed E-state index contributed by atoms with van der Waals surface area (Å²) < 4.78 is 7.89. The molecular weight excluding hydrogens is 286 g/mol. The van der Waals surface area contributed by atoms with Crippen LogP contribution in [0.15, 0.2) is 42.5 Å². The molecule has 0 aliphatic rings. The van der Waals surface area contributed by atoms with Gasteiger partial charge < -0.3 is 15.0 Å². The number of nitrogens with zero attached hydrogens (tertiary/aromatic N) is 2. The van der Waals surface area contributed by atoms with E-state index < -0.39 is 0 Å². The second-order valence-electron chi connectivity index (χ2n) is 4.73. The SMILES string of the molecule is CCn1c(COc2ccc(Cl)cc2)nc2c(N)cccc21. The maximum atomic E-state index is 5.99. The van der Waals surface area contributed by atoms with E-state index in [-0.39, 0.29) is 0 Å². The minimum absolute atomic E-state index is 0.392. The van der Waals surface area contributed by atoms with Crippen LogP contribution in [-0.4, -0.2) is 9.55 Å². The fourth-order valence-electron chi connectivity index (χ4n) is 2.36. The lowest BCUT2D eigenvalue weighted by Gasteiger charge is -2.08. The molecule has 0 radical (unpaired) electrons. The number of nitrogen functional groups attached to an aromatic ring is 1. The summed E-state index contributed by atoms with van der Waals surface area (Å²) in [7, 11) is 0. The van der Waals surface area contributed by atoms with Gasteiger partial charge in [0.05, 0.1) is 11.2 Å². The number of halogens is 1. The van der Waals surface area contributed by atoms with Crippen molar-refractivity contribution < 1.29 is 4.74 Å². The lowest BCUT2D eigenvalue weighted by Crippen LogP contribution is -2.05. The Morgan fingerprint density at radius 2 is 1.95 bits per heavy atom. The molecule has 2 N–H and O–H groups in total. The van der Waals surface area contributed by atoms with E-state index in [9.17, 15) is 0 Å². The maximum Gasteiger partial charge on any atom is 0.148 e. The summed E-state index contributed by atoms with van der Waals surface area (Å²) >= 11 is 5.86. The van der Waals surface area contributed by atoms with E-state index >= 15 is 0 Å². The van der Waals surface area contributed by atoms with E-state index in [4.69, 9.17) is 22.1 Å². The molecule has 21 heavy (non-hydrogen) atoms. The van der Waals surface area contributed by atoms with Gasteiger partial charge in [-0.3, -0.25) is 0 Å². The summed E-state index contributed by atoms with van der Waals surface area (Å²) in [6, 6.07) is 13.1. The van der Waals surface area contributed by atoms with Crippen molar-refractivity contribution in [2.24, 2.45) is 0 Å². The molecule has 1 aromatic heterocycles. The second-order valence-corrected chi connectivity index (χ2v) is 5.17. The van der Waals surface area contributed by atoms with Crippen molar-refractivity contribution in [3.05, 3.63) is 53.3 Å². The number of hydrogen-bond donors (Lipinski definition) is 1. The van der Waals surface area contributed by atoms with E-state index in [2.05, 4.69) is 16.5 Å². The quantitative estimate of drug-likeness (QED) is 0.744. The Labute approximate surface area is 128 Å². The highest BCUT2D eigenvalue weighted by Crippen LogP contribution is 2.23. The number of benzene rings is 2. The van der Waals surface area contributed by atoms with Gasteiger partial charge in [0.25, 0.3) is 0 Å². The van der Waals surface area contributed by atoms with Crippen LogP contribution in [0, 0.1) is 0 Å². The van der Waals surface area contributed by atoms with Crippen LogP contribution in [0.5, 0.6) is 5.75 Å². The number of ether oxygens (including phenoxy) is 1. The third-order valence-corrected chi connectivity index (χ3v) is 3.64. The summed E-state index contributed by atoms with van der Waals surface area (Å²) in [6.07, 6.45) is 0. The van der Waals surface area contributed by atoms with Crippen LogP contribution < -0.4 is 10.5 Å². The predicted octanol–water partition coefficient (Wildman–Crippen LogP) is 3.87. The van der Waals surface area contributed by atoms with Crippen LogP contribution >= 0.6 is 11.6 Å². The van der Waals surface area contributed by atoms with Crippen LogP contribution in [0.2, 0.25) is 5.02 Å². The molecule has 0 aliphatic heterocycles. The molecule has 5 heteroatoms. The van der Waals surface area contributed by atoms with Gasteiger partial charge in [-0.15, -0.1) is 0 Å². The molecular formula is C16H16ClN3O. The average Bonchev–Trinajstić information content (AvgIpc) is 2.86. The Morgan fingerprint density at radius 1 is 1.19 bits per heavy atom. The van der Waals surface area contributed by atoms with Crippen molar-refractivity contribution in [2.75, 3.05) is 5.73 Å². The van der Waals surface area contributed by atoms with Gasteiger partial charge in [-0.1, -0.05) is 17.7 Å². The summed E-state index contributed by atoms with van der Waals surface area (Å²) in [4.78, 5) is 4.60. The molecule has 0 atom stereocenters. The summed E-state index contributed by atoms with van der Waals surface area (Å²) in [6.45, 7) is 3.29. The summed E-state index contributed by atoms with van der Waals surface area (Å²) in [5, 5.41) is 0.691. The van der Waals surface area contributed by atoms with Crippen LogP contribution in [-0.2, 0) is 13.2 Å². The minimum Gasteiger partial charge on any atom is -0.486 e. The Kier molecular flexibility index (Phi) is 3.71. The molecule has 4 nitrogen and oxygen atoms in total. The zero-order chi connectivity index (χ0) is 14.8. The Hall–Kier alpha value is -2.20. The summed E-state index contributed by atoms with van der Waals surface area (Å²) in [5.74, 6) is 1.63. The van der Waals surface area contributed by atoms with Crippen molar-refractivity contribution in [3.8, 4) is 5.75 Å². The highest BCUT2D eigenvalue weighted by atomic mass is 35.5. The van der Waals surface area contributed by atoms with Crippen LogP contribution in [0.1, 0.15) is 12.7 Å². The second kappa shape index (κ2) is 5.66. The highest BCUT2D eigenvalue weighted by molar-refractivity contribution is 6.30. The number of aryl methyl sites for hydroxylation is 1. The van der Waals surface area contributed by atoms with Gasteiger partial charge in [0, 0.05) is 11.6 Å². The number of imidazole rings is 1. The van der Waals surface area contributed by atoms with Gasteiger partial charge in [-0.05, 0) is 43.3 Å². The van der Waals surface area contributed by atoms with Crippen molar-refractivity contribution >= 4 is 28.3 Å². The molecule has 0 saturated carbocycles. The number of para-hydroxylation sites is 1. The van der Waals surface area contributed by atoms with Crippen molar-refractivity contribution in [1.29, 1.82) is 0 Å². The van der Waals surface area contributed by atoms with Gasteiger partial charge >= 0.3 is 0 Å². The number of hydrogen-bond acceptors (Lipinski definition) is 3. The number of anilines is 1. The molecule has 2 aromatic carbocycles. The maximum absolute atomic E-state index is 5.99. The van der Waals surface area contributed by atoms with Crippen molar-refractivity contribution in [1.82, 2.24) is 9.55 Å². The number of aromatic nitrogens is 2. The Balaban J connectivity index is 1.89. The topological polar surface area (TPSA) is 53.1 Å². The van der Waals surface area contributed by atoms with Crippen molar-refractivity contribution in [3.63, 3.8) is 0 Å². The lowest BCUT2D eigenvalue weighted by molar-refractivity contribution is 0.291. The van der Waals surface area contributed by atoms with Gasteiger partial charge in [0.15, 0.2) is 0 Å². The van der Waals surface area contributed by atoms with Crippen LogP contribution in [0.25, 0.3) is 11.0 Å². The first-order valence-electron chi connectivity index (χ1n) is 6.81. The third kappa shape index (κ3) is 2.67. The fraction of sp³-hybridized carbons (Fsp3) is 0.188. The van der Waals surface area contributed by atoms with E-state index in [0.29, 0.717) is 17.3 Å². The van der Waals surface area contributed by atoms with E-state index in [1.54, 1.807) is 12.1 Å². The predicted molar refractivity (Wildman–Crippen MR) is 85.6 cm³/mol. The van der Waals surface area contributed by atoms with Crippen molar-refractivity contribution in [2.45, 2.75) is 20.1 Å². The van der Waals surface area contributed by atoms with E-state index in [0.717, 1.165) is 29.2 Å². The molecule has 1 heterocycles. The zero-order valence-electron chi connectivity index (χ0n) is 11.7. The summed E-state index contributed by atoms with van der Waals surface area (Å²) in [5.41, 5.74) is 8.54. The molecule has 0 fully saturated rings. The largest absolute Gasteiger partial charge is 0.486 e. The monoisotopic (exact) mass is 301 g/mol. The number of rotatable bonds is 4. The first-order valence-corrected chi connectivity index (χ1v) is 7.19. The molecule has 108 valence electrons. The molecule has 0 unspecified atom stereocenters. The van der Waals surface area contributed by atoms with Gasteiger partial charge in [-0.2, -0.15) is 0 Å². The van der Waals surface area contributed by atoms with E-state index in [1.165, 1.54) is 0 Å². The first-order chi connectivity index (χ1) is 10.2.